The van der Waals surface area contributed by atoms with Crippen molar-refractivity contribution in [2.45, 2.75) is 0 Å². The van der Waals surface area contributed by atoms with Gasteiger partial charge >= 0.3 is 5.97 Å². The van der Waals surface area contributed by atoms with Crippen LogP contribution in [0.5, 0.6) is 11.5 Å². The predicted octanol–water partition coefficient (Wildman–Crippen LogP) is 3.42. The number of ether oxygens (including phenoxy) is 2. The number of benzene rings is 3. The van der Waals surface area contributed by atoms with Crippen LogP contribution >= 0.6 is 0 Å². The first-order valence-corrected chi connectivity index (χ1v) is 9.34. The molecule has 0 atom stereocenters. The van der Waals surface area contributed by atoms with Crippen molar-refractivity contribution < 1.29 is 29.0 Å². The average Bonchev–Trinajstić information content (AvgIpc) is 2.79. The van der Waals surface area contributed by atoms with Gasteiger partial charge in [0.05, 0.1) is 16.9 Å². The number of nitrogens with one attached hydrogen (secondary N) is 2. The van der Waals surface area contributed by atoms with E-state index in [9.17, 15) is 19.5 Å². The minimum atomic E-state index is -1.17. The fraction of sp³-hybridized carbons (Fsp3) is 0.0870. The lowest BCUT2D eigenvalue weighted by Crippen LogP contribution is -2.24. The van der Waals surface area contributed by atoms with Gasteiger partial charge in [-0.3, -0.25) is 9.59 Å². The van der Waals surface area contributed by atoms with Crippen LogP contribution in [0.4, 0.5) is 11.4 Å². The molecule has 0 aliphatic heterocycles. The summed E-state index contributed by atoms with van der Waals surface area (Å²) >= 11 is 0. The highest BCUT2D eigenvalue weighted by atomic mass is 16.5. The number of carboxylic acid groups (broad SMARTS) is 1. The van der Waals surface area contributed by atoms with Crippen molar-refractivity contribution in [3.05, 3.63) is 84.4 Å². The fourth-order valence-corrected chi connectivity index (χ4v) is 2.59. The topological polar surface area (TPSA) is 114 Å². The summed E-state index contributed by atoms with van der Waals surface area (Å²) in [6.07, 6.45) is 0. The van der Waals surface area contributed by atoms with Gasteiger partial charge in [-0.25, -0.2) is 4.79 Å². The first kappa shape index (κ1) is 21.4. The lowest BCUT2D eigenvalue weighted by Gasteiger charge is -2.14. The van der Waals surface area contributed by atoms with Crippen LogP contribution in [0.3, 0.4) is 0 Å². The third kappa shape index (κ3) is 6.60. The molecule has 0 unspecified atom stereocenters. The number of carboxylic acids is 1. The third-order valence-electron chi connectivity index (χ3n) is 4.04. The van der Waals surface area contributed by atoms with Gasteiger partial charge in [0.15, 0.2) is 13.2 Å². The molecule has 0 radical (unpaired) electrons. The molecule has 158 valence electrons. The van der Waals surface area contributed by atoms with Gasteiger partial charge in [0.1, 0.15) is 11.5 Å². The number of para-hydroxylation sites is 2. The molecule has 0 bridgehead atoms. The van der Waals surface area contributed by atoms with Gasteiger partial charge in [0.25, 0.3) is 11.8 Å². The maximum Gasteiger partial charge on any atom is 0.335 e. The quantitative estimate of drug-likeness (QED) is 0.489. The summed E-state index contributed by atoms with van der Waals surface area (Å²) in [5, 5.41) is 14.4. The van der Waals surface area contributed by atoms with Crippen LogP contribution in [0.2, 0.25) is 0 Å². The van der Waals surface area contributed by atoms with Crippen LogP contribution in [0.15, 0.2) is 78.9 Å². The minimum absolute atomic E-state index is 0.0437. The second-order valence-electron chi connectivity index (χ2n) is 6.37. The first-order chi connectivity index (χ1) is 15.0. The van der Waals surface area contributed by atoms with Crippen molar-refractivity contribution in [1.82, 2.24) is 0 Å². The van der Waals surface area contributed by atoms with Crippen molar-refractivity contribution in [2.75, 3.05) is 23.8 Å². The SMILES string of the molecule is O=C(COc1ccccc1)Nc1ccc(C(=O)O)cc1NC(=O)COc1ccccc1. The van der Waals surface area contributed by atoms with Gasteiger partial charge in [-0.15, -0.1) is 0 Å². The molecule has 31 heavy (non-hydrogen) atoms. The molecule has 0 fully saturated rings. The van der Waals surface area contributed by atoms with E-state index in [4.69, 9.17) is 9.47 Å². The first-order valence-electron chi connectivity index (χ1n) is 9.34. The second kappa shape index (κ2) is 10.4. The van der Waals surface area contributed by atoms with Gasteiger partial charge in [-0.2, -0.15) is 0 Å². The predicted molar refractivity (Wildman–Crippen MR) is 115 cm³/mol. The Hall–Kier alpha value is -4.33. The molecule has 0 aliphatic carbocycles. The van der Waals surface area contributed by atoms with E-state index in [1.54, 1.807) is 48.5 Å². The Balaban J connectivity index is 1.65. The highest BCUT2D eigenvalue weighted by Gasteiger charge is 2.14. The highest BCUT2D eigenvalue weighted by Crippen LogP contribution is 2.24. The third-order valence-corrected chi connectivity index (χ3v) is 4.04. The lowest BCUT2D eigenvalue weighted by atomic mass is 10.1. The second-order valence-corrected chi connectivity index (χ2v) is 6.37. The fourth-order valence-electron chi connectivity index (χ4n) is 2.59. The van der Waals surface area contributed by atoms with E-state index in [0.717, 1.165) is 0 Å². The molecule has 0 aliphatic rings. The molecular weight excluding hydrogens is 400 g/mol. The minimum Gasteiger partial charge on any atom is -0.484 e. The molecule has 8 heteroatoms. The van der Waals surface area contributed by atoms with E-state index in [1.807, 2.05) is 12.1 Å². The summed E-state index contributed by atoms with van der Waals surface area (Å²) in [4.78, 5) is 35.9. The van der Waals surface area contributed by atoms with Crippen LogP contribution in [0.1, 0.15) is 10.4 Å². The normalized spacial score (nSPS) is 10.1. The Kier molecular flexibility index (Phi) is 7.21. The smallest absolute Gasteiger partial charge is 0.335 e. The van der Waals surface area contributed by atoms with Gasteiger partial charge in [-0.05, 0) is 42.5 Å². The number of anilines is 2. The maximum absolute atomic E-state index is 12.3. The number of aromatic carboxylic acids is 1. The van der Waals surface area contributed by atoms with Crippen LogP contribution < -0.4 is 20.1 Å². The number of rotatable bonds is 9. The van der Waals surface area contributed by atoms with Gasteiger partial charge in [-0.1, -0.05) is 36.4 Å². The Bertz CT molecular complexity index is 1050. The number of hydrogen-bond donors (Lipinski definition) is 3. The summed E-state index contributed by atoms with van der Waals surface area (Å²) in [6, 6.07) is 21.6. The van der Waals surface area contributed by atoms with Crippen LogP contribution in [0, 0.1) is 0 Å². The largest absolute Gasteiger partial charge is 0.484 e. The van der Waals surface area contributed by atoms with Crippen molar-refractivity contribution in [1.29, 1.82) is 0 Å². The zero-order valence-electron chi connectivity index (χ0n) is 16.4. The molecule has 2 amide bonds. The number of hydrogen-bond acceptors (Lipinski definition) is 5. The molecule has 0 aromatic heterocycles. The molecule has 3 aromatic carbocycles. The molecule has 3 rings (SSSR count). The van der Waals surface area contributed by atoms with Crippen LogP contribution in [0.25, 0.3) is 0 Å². The molecule has 3 aromatic rings. The standard InChI is InChI=1S/C23H20N2O6/c26-21(14-30-17-7-3-1-4-8-17)24-19-12-11-16(23(28)29)13-20(19)25-22(27)15-31-18-9-5-2-6-10-18/h1-13H,14-15H2,(H,24,26)(H,25,27)(H,28,29). The maximum atomic E-state index is 12.3. The zero-order chi connectivity index (χ0) is 22.1. The molecule has 3 N–H and O–H groups in total. The van der Waals surface area contributed by atoms with Gasteiger partial charge in [0.2, 0.25) is 0 Å². The Labute approximate surface area is 178 Å². The summed E-state index contributed by atoms with van der Waals surface area (Å²) in [6.45, 7) is -0.541. The number of amides is 2. The van der Waals surface area contributed by atoms with E-state index in [2.05, 4.69) is 10.6 Å². The Morgan fingerprint density at radius 1 is 0.677 bits per heavy atom. The molecule has 8 nitrogen and oxygen atoms in total. The Morgan fingerprint density at radius 3 is 1.65 bits per heavy atom. The summed E-state index contributed by atoms with van der Waals surface area (Å²) in [7, 11) is 0. The molecule has 0 saturated heterocycles. The van der Waals surface area contributed by atoms with E-state index >= 15 is 0 Å². The molecule has 0 spiro atoms. The van der Waals surface area contributed by atoms with Gasteiger partial charge in [0, 0.05) is 0 Å². The van der Waals surface area contributed by atoms with Crippen molar-refractivity contribution in [2.24, 2.45) is 0 Å². The lowest BCUT2D eigenvalue weighted by molar-refractivity contribution is -0.119. The number of carbonyl (C=O) groups is 3. The van der Waals surface area contributed by atoms with E-state index in [-0.39, 0.29) is 30.2 Å². The monoisotopic (exact) mass is 420 g/mol. The summed E-state index contributed by atoms with van der Waals surface area (Å²) in [5.74, 6) is -1.10. The molecule has 0 saturated carbocycles. The van der Waals surface area contributed by atoms with E-state index in [1.165, 1.54) is 18.2 Å². The van der Waals surface area contributed by atoms with E-state index < -0.39 is 17.8 Å². The van der Waals surface area contributed by atoms with Crippen molar-refractivity contribution in [3.63, 3.8) is 0 Å². The number of carbonyl (C=O) groups excluding carboxylic acids is 2. The zero-order valence-corrected chi connectivity index (χ0v) is 16.4. The van der Waals surface area contributed by atoms with Crippen LogP contribution in [-0.2, 0) is 9.59 Å². The molecular formula is C23H20N2O6. The molecule has 0 heterocycles. The van der Waals surface area contributed by atoms with E-state index in [0.29, 0.717) is 11.5 Å². The van der Waals surface area contributed by atoms with Crippen molar-refractivity contribution in [3.8, 4) is 11.5 Å². The summed E-state index contributed by atoms with van der Waals surface area (Å²) in [5.41, 5.74) is 0.326. The average molecular weight is 420 g/mol. The van der Waals surface area contributed by atoms with Gasteiger partial charge < -0.3 is 25.2 Å². The summed E-state index contributed by atoms with van der Waals surface area (Å²) < 4.78 is 10.8. The highest BCUT2D eigenvalue weighted by molar-refractivity contribution is 6.02. The van der Waals surface area contributed by atoms with Crippen molar-refractivity contribution >= 4 is 29.2 Å². The van der Waals surface area contributed by atoms with Crippen LogP contribution in [-0.4, -0.2) is 36.1 Å². The Morgan fingerprint density at radius 2 is 1.16 bits per heavy atom.